The Labute approximate surface area is 166 Å². The van der Waals surface area contributed by atoms with E-state index >= 15 is 0 Å². The van der Waals surface area contributed by atoms with E-state index in [2.05, 4.69) is 46.0 Å². The van der Waals surface area contributed by atoms with Crippen LogP contribution in [-0.2, 0) is 6.54 Å². The second-order valence-electron chi connectivity index (χ2n) is 7.87. The van der Waals surface area contributed by atoms with E-state index in [1.165, 1.54) is 30.4 Å². The predicted molar refractivity (Wildman–Crippen MR) is 112 cm³/mol. The lowest BCUT2D eigenvalue weighted by Gasteiger charge is -2.26. The SMILES string of the molecule is Cc1cccc(Cn2c(C(=O)NCCN3CCCCC3)cc3oc(C)cc32)c1. The van der Waals surface area contributed by atoms with Gasteiger partial charge in [0.1, 0.15) is 11.5 Å². The Kier molecular flexibility index (Phi) is 5.53. The van der Waals surface area contributed by atoms with Crippen LogP contribution in [0.15, 0.2) is 40.8 Å². The van der Waals surface area contributed by atoms with Crippen molar-refractivity contribution in [3.05, 3.63) is 59.0 Å². The van der Waals surface area contributed by atoms with E-state index in [1.807, 2.05) is 19.1 Å². The molecule has 0 aliphatic carbocycles. The molecule has 1 aromatic carbocycles. The Morgan fingerprint density at radius 1 is 1.11 bits per heavy atom. The molecule has 2 aromatic heterocycles. The molecular formula is C23H29N3O2. The molecule has 0 saturated carbocycles. The van der Waals surface area contributed by atoms with E-state index in [0.717, 1.165) is 36.5 Å². The summed E-state index contributed by atoms with van der Waals surface area (Å²) in [4.78, 5) is 15.4. The molecule has 28 heavy (non-hydrogen) atoms. The molecule has 3 aromatic rings. The molecule has 5 heteroatoms. The summed E-state index contributed by atoms with van der Waals surface area (Å²) in [6, 6.07) is 12.3. The Morgan fingerprint density at radius 3 is 2.71 bits per heavy atom. The smallest absolute Gasteiger partial charge is 0.268 e. The first-order valence-electron chi connectivity index (χ1n) is 10.3. The van der Waals surface area contributed by atoms with Gasteiger partial charge in [-0.05, 0) is 45.3 Å². The zero-order valence-electron chi connectivity index (χ0n) is 16.8. The number of hydrogen-bond acceptors (Lipinski definition) is 3. The lowest BCUT2D eigenvalue weighted by atomic mass is 10.1. The summed E-state index contributed by atoms with van der Waals surface area (Å²) in [5.74, 6) is 0.828. The molecule has 1 N–H and O–H groups in total. The monoisotopic (exact) mass is 379 g/mol. The van der Waals surface area contributed by atoms with Crippen molar-refractivity contribution in [2.24, 2.45) is 0 Å². The molecule has 148 valence electrons. The van der Waals surface area contributed by atoms with Crippen LogP contribution in [0.1, 0.15) is 46.6 Å². The number of fused-ring (bicyclic) bond motifs is 1. The number of carbonyl (C=O) groups excluding carboxylic acids is 1. The number of hydrogen-bond donors (Lipinski definition) is 1. The van der Waals surface area contributed by atoms with Crippen molar-refractivity contribution in [3.8, 4) is 0 Å². The number of rotatable bonds is 6. The van der Waals surface area contributed by atoms with Crippen LogP contribution in [0.2, 0.25) is 0 Å². The average Bonchev–Trinajstić information content (AvgIpc) is 3.20. The molecule has 0 radical (unpaired) electrons. The molecule has 0 atom stereocenters. The quantitative estimate of drug-likeness (QED) is 0.701. The number of nitrogens with one attached hydrogen (secondary N) is 1. The molecule has 0 spiro atoms. The summed E-state index contributed by atoms with van der Waals surface area (Å²) in [6.45, 7) is 8.56. The number of aromatic nitrogens is 1. The van der Waals surface area contributed by atoms with Crippen molar-refractivity contribution in [1.82, 2.24) is 14.8 Å². The first-order chi connectivity index (χ1) is 13.6. The van der Waals surface area contributed by atoms with Gasteiger partial charge in [0.2, 0.25) is 0 Å². The molecule has 1 aliphatic heterocycles. The van der Waals surface area contributed by atoms with Gasteiger partial charge in [-0.3, -0.25) is 4.79 Å². The van der Waals surface area contributed by atoms with E-state index in [0.29, 0.717) is 18.8 Å². The first kappa shape index (κ1) is 18.8. The molecule has 1 saturated heterocycles. The van der Waals surface area contributed by atoms with Crippen LogP contribution in [0.3, 0.4) is 0 Å². The Hall–Kier alpha value is -2.53. The lowest BCUT2D eigenvalue weighted by molar-refractivity contribution is 0.0938. The fourth-order valence-corrected chi connectivity index (χ4v) is 4.12. The van der Waals surface area contributed by atoms with Crippen LogP contribution in [0.5, 0.6) is 0 Å². The van der Waals surface area contributed by atoms with Crippen LogP contribution < -0.4 is 5.32 Å². The third-order valence-electron chi connectivity index (χ3n) is 5.53. The van der Waals surface area contributed by atoms with Gasteiger partial charge in [-0.2, -0.15) is 0 Å². The maximum absolute atomic E-state index is 12.9. The Balaban J connectivity index is 1.52. The summed E-state index contributed by atoms with van der Waals surface area (Å²) in [5, 5.41) is 3.11. The second kappa shape index (κ2) is 8.23. The highest BCUT2D eigenvalue weighted by atomic mass is 16.3. The molecular weight excluding hydrogens is 350 g/mol. The molecule has 3 heterocycles. The van der Waals surface area contributed by atoms with Crippen molar-refractivity contribution < 1.29 is 9.21 Å². The van der Waals surface area contributed by atoms with Gasteiger partial charge < -0.3 is 19.2 Å². The number of nitrogens with zero attached hydrogens (tertiary/aromatic N) is 2. The normalized spacial score (nSPS) is 15.2. The van der Waals surface area contributed by atoms with Gasteiger partial charge >= 0.3 is 0 Å². The molecule has 1 fully saturated rings. The van der Waals surface area contributed by atoms with Crippen LogP contribution in [0.25, 0.3) is 11.1 Å². The highest BCUT2D eigenvalue weighted by molar-refractivity contribution is 5.97. The zero-order chi connectivity index (χ0) is 19.5. The number of furan rings is 1. The molecule has 0 bridgehead atoms. The highest BCUT2D eigenvalue weighted by Gasteiger charge is 2.19. The number of carbonyl (C=O) groups is 1. The Morgan fingerprint density at radius 2 is 1.93 bits per heavy atom. The van der Waals surface area contributed by atoms with Crippen LogP contribution >= 0.6 is 0 Å². The third kappa shape index (κ3) is 4.14. The molecule has 1 aliphatic rings. The standard InChI is InChI=1S/C23H29N3O2/c1-17-7-6-8-19(13-17)16-26-20-14-18(2)28-22(20)15-21(26)23(27)24-9-12-25-10-4-3-5-11-25/h6-8,13-15H,3-5,9-12,16H2,1-2H3,(H,24,27). The third-order valence-corrected chi connectivity index (χ3v) is 5.53. The number of aryl methyl sites for hydroxylation is 2. The topological polar surface area (TPSA) is 50.4 Å². The first-order valence-corrected chi connectivity index (χ1v) is 10.3. The van der Waals surface area contributed by atoms with Gasteiger partial charge in [-0.15, -0.1) is 0 Å². The van der Waals surface area contributed by atoms with Gasteiger partial charge in [-0.1, -0.05) is 36.2 Å². The summed E-state index contributed by atoms with van der Waals surface area (Å²) in [7, 11) is 0. The summed E-state index contributed by atoms with van der Waals surface area (Å²) < 4.78 is 7.86. The number of likely N-dealkylation sites (tertiary alicyclic amines) is 1. The van der Waals surface area contributed by atoms with Gasteiger partial charge in [0.25, 0.3) is 5.91 Å². The minimum absolute atomic E-state index is 0.0336. The van der Waals surface area contributed by atoms with E-state index < -0.39 is 0 Å². The van der Waals surface area contributed by atoms with E-state index in [9.17, 15) is 4.79 Å². The van der Waals surface area contributed by atoms with Crippen molar-refractivity contribution in [2.45, 2.75) is 39.7 Å². The predicted octanol–water partition coefficient (Wildman–Crippen LogP) is 4.12. The summed E-state index contributed by atoms with van der Waals surface area (Å²) in [5.41, 5.74) is 4.80. The molecule has 4 rings (SSSR count). The van der Waals surface area contributed by atoms with Crippen molar-refractivity contribution in [1.29, 1.82) is 0 Å². The fraction of sp³-hybridized carbons (Fsp3) is 0.435. The van der Waals surface area contributed by atoms with E-state index in [1.54, 1.807) is 0 Å². The van der Waals surface area contributed by atoms with Crippen LogP contribution in [0, 0.1) is 13.8 Å². The minimum Gasteiger partial charge on any atom is -0.460 e. The number of piperidine rings is 1. The molecule has 1 amide bonds. The van der Waals surface area contributed by atoms with Crippen molar-refractivity contribution >= 4 is 17.0 Å². The summed E-state index contributed by atoms with van der Waals surface area (Å²) >= 11 is 0. The van der Waals surface area contributed by atoms with E-state index in [-0.39, 0.29) is 5.91 Å². The largest absolute Gasteiger partial charge is 0.460 e. The average molecular weight is 380 g/mol. The van der Waals surface area contributed by atoms with Crippen molar-refractivity contribution in [3.63, 3.8) is 0 Å². The van der Waals surface area contributed by atoms with E-state index in [4.69, 9.17) is 4.42 Å². The van der Waals surface area contributed by atoms with Gasteiger partial charge in [0.15, 0.2) is 5.58 Å². The van der Waals surface area contributed by atoms with Crippen LogP contribution in [-0.4, -0.2) is 41.6 Å². The second-order valence-corrected chi connectivity index (χ2v) is 7.87. The highest BCUT2D eigenvalue weighted by Crippen LogP contribution is 2.25. The maximum atomic E-state index is 12.9. The number of amides is 1. The zero-order valence-corrected chi connectivity index (χ0v) is 16.8. The molecule has 5 nitrogen and oxygen atoms in total. The van der Waals surface area contributed by atoms with Gasteiger partial charge in [-0.25, -0.2) is 0 Å². The number of benzene rings is 1. The van der Waals surface area contributed by atoms with Gasteiger partial charge in [0.05, 0.1) is 5.52 Å². The minimum atomic E-state index is -0.0336. The summed E-state index contributed by atoms with van der Waals surface area (Å²) in [6.07, 6.45) is 3.86. The molecule has 0 unspecified atom stereocenters. The lowest BCUT2D eigenvalue weighted by Crippen LogP contribution is -2.38. The fourth-order valence-electron chi connectivity index (χ4n) is 4.12. The maximum Gasteiger partial charge on any atom is 0.268 e. The van der Waals surface area contributed by atoms with Crippen LogP contribution in [0.4, 0.5) is 0 Å². The van der Waals surface area contributed by atoms with Crippen molar-refractivity contribution in [2.75, 3.05) is 26.2 Å². The Bertz CT molecular complexity index is 964. The van der Waals surface area contributed by atoms with Gasteiger partial charge in [0, 0.05) is 31.8 Å².